The van der Waals surface area contributed by atoms with Gasteiger partial charge >= 0.3 is 0 Å². The average Bonchev–Trinajstić information content (AvgIpc) is 2.46. The minimum atomic E-state index is 0.0712. The van der Waals surface area contributed by atoms with Gasteiger partial charge in [-0.05, 0) is 45.0 Å². The number of hydrazine groups is 1. The van der Waals surface area contributed by atoms with E-state index in [1.807, 2.05) is 29.2 Å². The number of para-hydroxylation sites is 1. The van der Waals surface area contributed by atoms with E-state index in [1.165, 1.54) is 0 Å². The number of nitrogens with zero attached hydrogens (tertiary/aromatic N) is 2. The van der Waals surface area contributed by atoms with E-state index in [4.69, 9.17) is 5.84 Å². The number of nitrogen functional groups attached to an aromatic ring is 1. The van der Waals surface area contributed by atoms with Crippen LogP contribution in [0.2, 0.25) is 0 Å². The van der Waals surface area contributed by atoms with Crippen molar-refractivity contribution in [1.29, 1.82) is 0 Å². The van der Waals surface area contributed by atoms with E-state index in [9.17, 15) is 4.79 Å². The molecule has 0 spiro atoms. The zero-order valence-electron chi connectivity index (χ0n) is 12.3. The maximum atomic E-state index is 12.5. The van der Waals surface area contributed by atoms with E-state index in [2.05, 4.69) is 24.4 Å². The van der Waals surface area contributed by atoms with Crippen LogP contribution in [0.4, 0.5) is 5.69 Å². The monoisotopic (exact) mass is 276 g/mol. The van der Waals surface area contributed by atoms with Crippen molar-refractivity contribution in [2.75, 3.05) is 39.2 Å². The van der Waals surface area contributed by atoms with Gasteiger partial charge in [0.25, 0.3) is 5.91 Å². The maximum absolute atomic E-state index is 12.5. The van der Waals surface area contributed by atoms with Gasteiger partial charge in [0.2, 0.25) is 0 Å². The average molecular weight is 276 g/mol. The highest BCUT2D eigenvalue weighted by molar-refractivity contribution is 5.99. The normalized spacial score (nSPS) is 16.5. The van der Waals surface area contributed by atoms with Gasteiger partial charge in [-0.15, -0.1) is 0 Å². The van der Waals surface area contributed by atoms with Crippen LogP contribution in [0.25, 0.3) is 0 Å². The molecule has 1 aromatic carbocycles. The van der Waals surface area contributed by atoms with E-state index in [0.717, 1.165) is 32.5 Å². The molecule has 0 radical (unpaired) electrons. The molecule has 1 aromatic rings. The first-order valence-corrected chi connectivity index (χ1v) is 7.11. The summed E-state index contributed by atoms with van der Waals surface area (Å²) in [6, 6.07) is 7.39. The highest BCUT2D eigenvalue weighted by atomic mass is 16.2. The molecule has 110 valence electrons. The van der Waals surface area contributed by atoms with E-state index in [0.29, 0.717) is 17.2 Å². The molecule has 0 aliphatic carbocycles. The van der Waals surface area contributed by atoms with Gasteiger partial charge in [-0.3, -0.25) is 10.6 Å². The number of rotatable bonds is 4. The number of benzene rings is 1. The van der Waals surface area contributed by atoms with Crippen LogP contribution < -0.4 is 11.3 Å². The van der Waals surface area contributed by atoms with Crippen LogP contribution >= 0.6 is 0 Å². The smallest absolute Gasteiger partial charge is 0.256 e. The van der Waals surface area contributed by atoms with Crippen molar-refractivity contribution >= 4 is 11.6 Å². The SMILES string of the molecule is CN(C)CC1CCN(C(=O)c2ccccc2NN)CC1. The Balaban J connectivity index is 1.98. The molecule has 1 amide bonds. The predicted molar refractivity (Wildman–Crippen MR) is 81.4 cm³/mol. The van der Waals surface area contributed by atoms with E-state index in [1.54, 1.807) is 0 Å². The predicted octanol–water partition coefficient (Wildman–Crippen LogP) is 1.39. The molecule has 2 rings (SSSR count). The van der Waals surface area contributed by atoms with Crippen LogP contribution in [0, 0.1) is 5.92 Å². The molecule has 1 aliphatic heterocycles. The van der Waals surface area contributed by atoms with Gasteiger partial charge in [-0.1, -0.05) is 12.1 Å². The number of nitrogens with one attached hydrogen (secondary N) is 1. The van der Waals surface area contributed by atoms with Crippen molar-refractivity contribution in [2.24, 2.45) is 11.8 Å². The molecule has 0 unspecified atom stereocenters. The summed E-state index contributed by atoms with van der Waals surface area (Å²) in [5.74, 6) is 6.23. The third kappa shape index (κ3) is 3.49. The molecular formula is C15H24N4O. The quantitative estimate of drug-likeness (QED) is 0.644. The maximum Gasteiger partial charge on any atom is 0.256 e. The minimum absolute atomic E-state index is 0.0712. The molecule has 0 atom stereocenters. The fraction of sp³-hybridized carbons (Fsp3) is 0.533. The number of carbonyl (C=O) groups excluding carboxylic acids is 1. The Morgan fingerprint density at radius 1 is 1.35 bits per heavy atom. The number of likely N-dealkylation sites (tertiary alicyclic amines) is 1. The van der Waals surface area contributed by atoms with Gasteiger partial charge in [0.1, 0.15) is 0 Å². The van der Waals surface area contributed by atoms with E-state index >= 15 is 0 Å². The van der Waals surface area contributed by atoms with Crippen molar-refractivity contribution in [3.8, 4) is 0 Å². The van der Waals surface area contributed by atoms with Crippen molar-refractivity contribution in [3.05, 3.63) is 29.8 Å². The van der Waals surface area contributed by atoms with Crippen LogP contribution in [0.1, 0.15) is 23.2 Å². The van der Waals surface area contributed by atoms with Gasteiger partial charge in [-0.2, -0.15) is 0 Å². The van der Waals surface area contributed by atoms with Crippen LogP contribution in [0.3, 0.4) is 0 Å². The molecule has 5 heteroatoms. The molecule has 1 aliphatic rings. The second-order valence-electron chi connectivity index (χ2n) is 5.69. The Morgan fingerprint density at radius 2 is 2.00 bits per heavy atom. The topological polar surface area (TPSA) is 61.6 Å². The molecule has 0 aromatic heterocycles. The summed E-state index contributed by atoms with van der Waals surface area (Å²) < 4.78 is 0. The zero-order valence-corrected chi connectivity index (χ0v) is 12.3. The Kier molecular flexibility index (Phi) is 4.98. The summed E-state index contributed by atoms with van der Waals surface area (Å²) in [5, 5.41) is 0. The fourth-order valence-corrected chi connectivity index (χ4v) is 2.80. The van der Waals surface area contributed by atoms with Gasteiger partial charge in [-0.25, -0.2) is 0 Å². The van der Waals surface area contributed by atoms with Crippen LogP contribution in [-0.2, 0) is 0 Å². The number of hydrogen-bond acceptors (Lipinski definition) is 4. The first-order chi connectivity index (χ1) is 9.61. The first-order valence-electron chi connectivity index (χ1n) is 7.11. The lowest BCUT2D eigenvalue weighted by Gasteiger charge is -2.33. The van der Waals surface area contributed by atoms with Crippen LogP contribution in [0.5, 0.6) is 0 Å². The Bertz CT molecular complexity index is 453. The molecule has 1 saturated heterocycles. The lowest BCUT2D eigenvalue weighted by Crippen LogP contribution is -2.40. The molecule has 0 saturated carbocycles. The number of hydrogen-bond donors (Lipinski definition) is 2. The van der Waals surface area contributed by atoms with Gasteiger partial charge < -0.3 is 15.2 Å². The van der Waals surface area contributed by atoms with Crippen molar-refractivity contribution in [2.45, 2.75) is 12.8 Å². The highest BCUT2D eigenvalue weighted by Gasteiger charge is 2.24. The summed E-state index contributed by atoms with van der Waals surface area (Å²) >= 11 is 0. The molecular weight excluding hydrogens is 252 g/mol. The summed E-state index contributed by atoms with van der Waals surface area (Å²) in [7, 11) is 4.20. The van der Waals surface area contributed by atoms with Gasteiger partial charge in [0.05, 0.1) is 11.3 Å². The lowest BCUT2D eigenvalue weighted by atomic mass is 9.96. The van der Waals surface area contributed by atoms with Gasteiger partial charge in [0.15, 0.2) is 0 Å². The first kappa shape index (κ1) is 14.8. The second-order valence-corrected chi connectivity index (χ2v) is 5.69. The molecule has 0 bridgehead atoms. The van der Waals surface area contributed by atoms with E-state index < -0.39 is 0 Å². The number of nitrogens with two attached hydrogens (primary N) is 1. The summed E-state index contributed by atoms with van der Waals surface area (Å²) in [4.78, 5) is 16.7. The second kappa shape index (κ2) is 6.72. The zero-order chi connectivity index (χ0) is 14.5. The van der Waals surface area contributed by atoms with Crippen LogP contribution in [0.15, 0.2) is 24.3 Å². The number of piperidine rings is 1. The summed E-state index contributed by atoms with van der Waals surface area (Å²) in [6.07, 6.45) is 2.14. The summed E-state index contributed by atoms with van der Waals surface area (Å²) in [5.41, 5.74) is 3.94. The van der Waals surface area contributed by atoms with E-state index in [-0.39, 0.29) is 5.91 Å². The third-order valence-electron chi connectivity index (χ3n) is 3.84. The van der Waals surface area contributed by atoms with Crippen LogP contribution in [-0.4, -0.2) is 49.4 Å². The fourth-order valence-electron chi connectivity index (χ4n) is 2.80. The lowest BCUT2D eigenvalue weighted by molar-refractivity contribution is 0.0679. The number of carbonyl (C=O) groups is 1. The Hall–Kier alpha value is -1.59. The van der Waals surface area contributed by atoms with Gasteiger partial charge in [0, 0.05) is 19.6 Å². The minimum Gasteiger partial charge on any atom is -0.339 e. The third-order valence-corrected chi connectivity index (χ3v) is 3.84. The van der Waals surface area contributed by atoms with Crippen molar-refractivity contribution in [1.82, 2.24) is 9.80 Å². The standard InChI is InChI=1S/C15H24N4O/c1-18(2)11-12-7-9-19(10-8-12)15(20)13-5-3-4-6-14(13)17-16/h3-6,12,17H,7-11,16H2,1-2H3. The molecule has 20 heavy (non-hydrogen) atoms. The van der Waals surface area contributed by atoms with Crippen molar-refractivity contribution in [3.63, 3.8) is 0 Å². The molecule has 3 N–H and O–H groups in total. The Morgan fingerprint density at radius 3 is 2.60 bits per heavy atom. The number of anilines is 1. The molecule has 1 fully saturated rings. The molecule has 1 heterocycles. The highest BCUT2D eigenvalue weighted by Crippen LogP contribution is 2.22. The summed E-state index contributed by atoms with van der Waals surface area (Å²) in [6.45, 7) is 2.76. The molecule has 5 nitrogen and oxygen atoms in total. The largest absolute Gasteiger partial charge is 0.339 e. The Labute approximate surface area is 120 Å². The van der Waals surface area contributed by atoms with Crippen molar-refractivity contribution < 1.29 is 4.79 Å². The number of amides is 1.